The van der Waals surface area contributed by atoms with Crippen molar-refractivity contribution in [3.63, 3.8) is 0 Å². The molecule has 10 heteroatoms. The van der Waals surface area contributed by atoms with Gasteiger partial charge < -0.3 is 34.3 Å². The molecule has 2 aromatic rings. The topological polar surface area (TPSA) is 102 Å². The lowest BCUT2D eigenvalue weighted by Crippen LogP contribution is -2.44. The number of piperidine rings is 1. The number of nitrogens with one attached hydrogen (secondary N) is 1. The molecule has 0 spiro atoms. The highest BCUT2D eigenvalue weighted by Gasteiger charge is 2.29. The maximum Gasteiger partial charge on any atom is 0.327 e. The van der Waals surface area contributed by atoms with Crippen LogP contribution in [0.15, 0.2) is 48.7 Å². The van der Waals surface area contributed by atoms with Crippen molar-refractivity contribution >= 4 is 28.9 Å². The summed E-state index contributed by atoms with van der Waals surface area (Å²) >= 11 is 6.41. The number of aromatic nitrogens is 1. The summed E-state index contributed by atoms with van der Waals surface area (Å²) < 4.78 is 22.7. The molecule has 1 saturated heterocycles. The molecule has 2 N–H and O–H groups in total. The highest BCUT2D eigenvalue weighted by atomic mass is 35.5. The van der Waals surface area contributed by atoms with E-state index in [1.165, 1.54) is 0 Å². The Morgan fingerprint density at radius 1 is 1.28 bits per heavy atom. The van der Waals surface area contributed by atoms with Crippen LogP contribution >= 0.6 is 11.6 Å². The molecule has 1 aliphatic heterocycles. The molecule has 0 amide bonds. The number of rotatable bonds is 15. The maximum absolute atomic E-state index is 10.9. The first kappa shape index (κ1) is 30.5. The highest BCUT2D eigenvalue weighted by molar-refractivity contribution is 6.33. The van der Waals surface area contributed by atoms with Crippen LogP contribution in [-0.2, 0) is 14.3 Å². The van der Waals surface area contributed by atoms with Crippen LogP contribution in [0, 0.1) is 11.8 Å². The highest BCUT2D eigenvalue weighted by Crippen LogP contribution is 2.33. The molecule has 1 aromatic heterocycles. The first-order chi connectivity index (χ1) is 18.8. The van der Waals surface area contributed by atoms with Crippen molar-refractivity contribution in [2.75, 3.05) is 57.3 Å². The van der Waals surface area contributed by atoms with Gasteiger partial charge in [0.1, 0.15) is 11.9 Å². The van der Waals surface area contributed by atoms with Gasteiger partial charge in [-0.25, -0.2) is 9.78 Å². The molecule has 2 unspecified atom stereocenters. The molecule has 2 heterocycles. The molecular weight excluding hydrogens is 522 g/mol. The van der Waals surface area contributed by atoms with Gasteiger partial charge in [0.25, 0.3) is 0 Å². The first-order valence-electron chi connectivity index (χ1n) is 13.3. The lowest BCUT2D eigenvalue weighted by Gasteiger charge is -2.38. The van der Waals surface area contributed by atoms with E-state index >= 15 is 0 Å². The fourth-order valence-corrected chi connectivity index (χ4v) is 4.74. The second-order valence-electron chi connectivity index (χ2n) is 9.76. The van der Waals surface area contributed by atoms with Crippen LogP contribution < -0.4 is 19.7 Å². The monoisotopic (exact) mass is 561 g/mol. The second kappa shape index (κ2) is 15.5. The molecule has 0 aliphatic carbocycles. The van der Waals surface area contributed by atoms with E-state index in [0.717, 1.165) is 49.1 Å². The largest absolute Gasteiger partial charge is 0.490 e. The molecule has 1 fully saturated rings. The van der Waals surface area contributed by atoms with E-state index in [-0.39, 0.29) is 18.1 Å². The number of anilines is 2. The summed E-state index contributed by atoms with van der Waals surface area (Å²) in [5.74, 6) is 0.617. The number of methoxy groups -OCH3 is 2. The van der Waals surface area contributed by atoms with Crippen LogP contribution in [0.1, 0.15) is 26.7 Å². The molecule has 214 valence electrons. The van der Waals surface area contributed by atoms with Gasteiger partial charge in [-0.1, -0.05) is 31.5 Å². The number of benzene rings is 1. The number of carbonyl (C=O) groups is 1. The minimum Gasteiger partial charge on any atom is -0.490 e. The molecular formula is C29H40ClN3O6. The van der Waals surface area contributed by atoms with Gasteiger partial charge in [0, 0.05) is 76.0 Å². The third kappa shape index (κ3) is 9.60. The lowest BCUT2D eigenvalue weighted by atomic mass is 9.96. The van der Waals surface area contributed by atoms with Crippen molar-refractivity contribution in [2.45, 2.75) is 38.9 Å². The smallest absolute Gasteiger partial charge is 0.327 e. The van der Waals surface area contributed by atoms with Crippen LogP contribution in [0.4, 0.5) is 11.4 Å². The van der Waals surface area contributed by atoms with Crippen LogP contribution in [0.25, 0.3) is 0 Å². The third-order valence-electron chi connectivity index (χ3n) is 6.79. The van der Waals surface area contributed by atoms with E-state index in [0.29, 0.717) is 36.6 Å². The quantitative estimate of drug-likeness (QED) is 0.226. The Morgan fingerprint density at radius 3 is 2.72 bits per heavy atom. The fraction of sp³-hybridized carbons (Fsp3) is 0.517. The number of hydrogen-bond donors (Lipinski definition) is 2. The zero-order valence-electron chi connectivity index (χ0n) is 23.1. The van der Waals surface area contributed by atoms with Crippen molar-refractivity contribution in [3.05, 3.63) is 53.7 Å². The predicted octanol–water partition coefficient (Wildman–Crippen LogP) is 5.15. The normalized spacial score (nSPS) is 19.1. The average molecular weight is 562 g/mol. The van der Waals surface area contributed by atoms with E-state index in [2.05, 4.69) is 22.1 Å². The Bertz CT molecular complexity index is 1070. The van der Waals surface area contributed by atoms with E-state index in [1.54, 1.807) is 26.5 Å². The minimum atomic E-state index is -0.968. The van der Waals surface area contributed by atoms with Gasteiger partial charge in [-0.2, -0.15) is 0 Å². The van der Waals surface area contributed by atoms with Crippen LogP contribution in [0.2, 0.25) is 5.02 Å². The SMILES string of the molecule is COCCCOC(CNc1ccc(O[C@@H]2CCN(c3cc(OC)ncc3Cl)C[C@@H]2C)cc1)C(C)C=CC(=O)O. The summed E-state index contributed by atoms with van der Waals surface area (Å²) in [5, 5.41) is 13.0. The second-order valence-corrected chi connectivity index (χ2v) is 10.2. The zero-order chi connectivity index (χ0) is 28.2. The van der Waals surface area contributed by atoms with Gasteiger partial charge in [0.2, 0.25) is 5.88 Å². The van der Waals surface area contributed by atoms with Gasteiger partial charge in [0.05, 0.1) is 30.1 Å². The number of pyridine rings is 1. The number of halogens is 1. The van der Waals surface area contributed by atoms with Gasteiger partial charge in [-0.15, -0.1) is 0 Å². The molecule has 0 bridgehead atoms. The molecule has 0 radical (unpaired) electrons. The number of carboxylic acids is 1. The van der Waals surface area contributed by atoms with Crippen molar-refractivity contribution in [1.29, 1.82) is 0 Å². The summed E-state index contributed by atoms with van der Waals surface area (Å²) in [6.45, 7) is 7.47. The maximum atomic E-state index is 10.9. The molecule has 3 rings (SSSR count). The van der Waals surface area contributed by atoms with Crippen LogP contribution in [0.3, 0.4) is 0 Å². The van der Waals surface area contributed by atoms with Gasteiger partial charge >= 0.3 is 5.97 Å². The van der Waals surface area contributed by atoms with E-state index in [1.807, 2.05) is 37.3 Å². The Hall–Kier alpha value is -3.01. The van der Waals surface area contributed by atoms with Gasteiger partial charge in [-0.3, -0.25) is 0 Å². The number of hydrogen-bond acceptors (Lipinski definition) is 8. The standard InChI is InChI=1S/C29H40ClN3O6/c1-20(6-11-29(34)35)27(38-15-5-14-36-3)18-31-22-7-9-23(10-8-22)39-26-12-13-33(19-21(26)2)25-16-28(37-4)32-17-24(25)30/h6-11,16-17,20-21,26-27,31H,5,12-15,18-19H2,1-4H3,(H,34,35)/t20?,21-,26+,27?/m0/s1. The summed E-state index contributed by atoms with van der Waals surface area (Å²) in [7, 11) is 3.25. The minimum absolute atomic E-state index is 0.0748. The van der Waals surface area contributed by atoms with Crippen molar-refractivity contribution < 1.29 is 28.8 Å². The molecule has 39 heavy (non-hydrogen) atoms. The lowest BCUT2D eigenvalue weighted by molar-refractivity contribution is -0.131. The Balaban J connectivity index is 1.53. The number of carboxylic acid groups (broad SMARTS) is 1. The van der Waals surface area contributed by atoms with E-state index in [9.17, 15) is 4.79 Å². The first-order valence-corrected chi connectivity index (χ1v) is 13.6. The zero-order valence-corrected chi connectivity index (χ0v) is 23.9. The van der Waals surface area contributed by atoms with Crippen molar-refractivity contribution in [1.82, 2.24) is 4.98 Å². The summed E-state index contributed by atoms with van der Waals surface area (Å²) in [5.41, 5.74) is 1.87. The van der Waals surface area contributed by atoms with Crippen molar-refractivity contribution in [3.8, 4) is 11.6 Å². The number of aliphatic carboxylic acids is 1. The summed E-state index contributed by atoms with van der Waals surface area (Å²) in [6.07, 6.45) is 6.00. The summed E-state index contributed by atoms with van der Waals surface area (Å²) in [6, 6.07) is 9.78. The predicted molar refractivity (Wildman–Crippen MR) is 153 cm³/mol. The molecule has 1 aliphatic rings. The van der Waals surface area contributed by atoms with Crippen molar-refractivity contribution in [2.24, 2.45) is 11.8 Å². The molecule has 4 atom stereocenters. The Morgan fingerprint density at radius 2 is 2.05 bits per heavy atom. The van der Waals surface area contributed by atoms with E-state index in [4.69, 9.17) is 35.7 Å². The Labute approximate surface area is 236 Å². The summed E-state index contributed by atoms with van der Waals surface area (Å²) in [4.78, 5) is 17.4. The molecule has 9 nitrogen and oxygen atoms in total. The number of ether oxygens (including phenoxy) is 4. The third-order valence-corrected chi connectivity index (χ3v) is 7.08. The number of nitrogens with zero attached hydrogens (tertiary/aromatic N) is 2. The van der Waals surface area contributed by atoms with Gasteiger partial charge in [0.15, 0.2) is 0 Å². The molecule has 1 aromatic carbocycles. The molecule has 0 saturated carbocycles. The Kier molecular flexibility index (Phi) is 12.2. The van der Waals surface area contributed by atoms with Crippen LogP contribution in [-0.4, -0.2) is 75.3 Å². The fourth-order valence-electron chi connectivity index (χ4n) is 4.52. The van der Waals surface area contributed by atoms with Crippen LogP contribution in [0.5, 0.6) is 11.6 Å². The van der Waals surface area contributed by atoms with Gasteiger partial charge in [-0.05, 0) is 30.7 Å². The average Bonchev–Trinajstić information content (AvgIpc) is 2.93. The van der Waals surface area contributed by atoms with E-state index < -0.39 is 5.97 Å².